The second kappa shape index (κ2) is 5.79. The lowest BCUT2D eigenvalue weighted by atomic mass is 10.3. The number of aromatic nitrogens is 4. The van der Waals surface area contributed by atoms with Gasteiger partial charge in [-0.15, -0.1) is 0 Å². The molecule has 7 heteroatoms. The van der Waals surface area contributed by atoms with Crippen LogP contribution in [0.2, 0.25) is 0 Å². The first-order valence-corrected chi connectivity index (χ1v) is 7.26. The van der Waals surface area contributed by atoms with E-state index in [-0.39, 0.29) is 6.61 Å². The molecule has 2 aromatic heterocycles. The highest BCUT2D eigenvalue weighted by Crippen LogP contribution is 2.24. The zero-order valence-corrected chi connectivity index (χ0v) is 13.0. The molecular formula is C14H14BrN5O. The van der Waals surface area contributed by atoms with Gasteiger partial charge in [0.25, 0.3) is 0 Å². The van der Waals surface area contributed by atoms with Crippen molar-refractivity contribution in [1.29, 1.82) is 0 Å². The highest BCUT2D eigenvalue weighted by atomic mass is 79.9. The standard InChI is InChI=1S/C14H14BrN5O/c1-19(6-7-21)13-12-8-18-20(14(12)17-9-16-13)11-4-2-10(15)3-5-11/h2-5,8-9,21H,6-7H2,1H3. The van der Waals surface area contributed by atoms with Gasteiger partial charge in [0.05, 0.1) is 23.9 Å². The fourth-order valence-electron chi connectivity index (χ4n) is 2.16. The van der Waals surface area contributed by atoms with Gasteiger partial charge < -0.3 is 10.0 Å². The van der Waals surface area contributed by atoms with Crippen LogP contribution in [-0.2, 0) is 0 Å². The maximum Gasteiger partial charge on any atom is 0.168 e. The summed E-state index contributed by atoms with van der Waals surface area (Å²) in [7, 11) is 1.88. The third kappa shape index (κ3) is 2.62. The minimum atomic E-state index is 0.0723. The van der Waals surface area contributed by atoms with Crippen molar-refractivity contribution in [3.8, 4) is 5.69 Å². The average molecular weight is 348 g/mol. The summed E-state index contributed by atoms with van der Waals surface area (Å²) in [6, 6.07) is 7.86. The van der Waals surface area contributed by atoms with Gasteiger partial charge in [-0.1, -0.05) is 15.9 Å². The summed E-state index contributed by atoms with van der Waals surface area (Å²) in [5.41, 5.74) is 1.68. The van der Waals surface area contributed by atoms with Gasteiger partial charge in [0.1, 0.15) is 12.1 Å². The largest absolute Gasteiger partial charge is 0.395 e. The van der Waals surface area contributed by atoms with Crippen molar-refractivity contribution >= 4 is 32.8 Å². The summed E-state index contributed by atoms with van der Waals surface area (Å²) in [5, 5.41) is 14.3. The third-order valence-electron chi connectivity index (χ3n) is 3.21. The molecule has 0 spiro atoms. The molecule has 0 aliphatic carbocycles. The first-order chi connectivity index (χ1) is 10.2. The Morgan fingerprint density at radius 3 is 2.71 bits per heavy atom. The molecule has 0 aliphatic heterocycles. The van der Waals surface area contributed by atoms with Gasteiger partial charge in [-0.2, -0.15) is 5.10 Å². The number of nitrogens with zero attached hydrogens (tertiary/aromatic N) is 5. The Morgan fingerprint density at radius 1 is 1.24 bits per heavy atom. The van der Waals surface area contributed by atoms with E-state index in [0.29, 0.717) is 6.54 Å². The van der Waals surface area contributed by atoms with Gasteiger partial charge in [0.15, 0.2) is 5.65 Å². The Balaban J connectivity index is 2.10. The summed E-state index contributed by atoms with van der Waals surface area (Å²) >= 11 is 3.42. The molecule has 3 aromatic rings. The van der Waals surface area contributed by atoms with Crippen LogP contribution in [0.5, 0.6) is 0 Å². The number of anilines is 1. The zero-order chi connectivity index (χ0) is 14.8. The number of likely N-dealkylation sites (N-methyl/N-ethyl adjacent to an activating group) is 1. The van der Waals surface area contributed by atoms with Crippen LogP contribution in [0.25, 0.3) is 16.7 Å². The predicted molar refractivity (Wildman–Crippen MR) is 84.7 cm³/mol. The van der Waals surface area contributed by atoms with Crippen molar-refractivity contribution < 1.29 is 5.11 Å². The molecular weight excluding hydrogens is 334 g/mol. The number of hydrogen-bond donors (Lipinski definition) is 1. The summed E-state index contributed by atoms with van der Waals surface area (Å²) < 4.78 is 2.79. The summed E-state index contributed by atoms with van der Waals surface area (Å²) in [4.78, 5) is 10.5. The second-order valence-electron chi connectivity index (χ2n) is 4.61. The lowest BCUT2D eigenvalue weighted by molar-refractivity contribution is 0.304. The molecule has 3 rings (SSSR count). The Bertz CT molecular complexity index is 756. The highest BCUT2D eigenvalue weighted by molar-refractivity contribution is 9.10. The van der Waals surface area contributed by atoms with Gasteiger partial charge >= 0.3 is 0 Å². The Morgan fingerprint density at radius 2 is 2.00 bits per heavy atom. The van der Waals surface area contributed by atoms with E-state index in [4.69, 9.17) is 5.11 Å². The normalized spacial score (nSPS) is 11.0. The molecule has 0 amide bonds. The number of benzene rings is 1. The van der Waals surface area contributed by atoms with Gasteiger partial charge in [-0.3, -0.25) is 0 Å². The summed E-state index contributed by atoms with van der Waals surface area (Å²) in [6.45, 7) is 0.582. The Labute approximate surface area is 130 Å². The first kappa shape index (κ1) is 14.0. The van der Waals surface area contributed by atoms with E-state index in [0.717, 1.165) is 27.0 Å². The molecule has 108 valence electrons. The van der Waals surface area contributed by atoms with Crippen LogP contribution in [0.3, 0.4) is 0 Å². The van der Waals surface area contributed by atoms with Crippen molar-refractivity contribution in [3.05, 3.63) is 41.3 Å². The quantitative estimate of drug-likeness (QED) is 0.781. The van der Waals surface area contributed by atoms with E-state index in [1.54, 1.807) is 10.9 Å². The lowest BCUT2D eigenvalue weighted by Crippen LogP contribution is -2.22. The van der Waals surface area contributed by atoms with Gasteiger partial charge in [0.2, 0.25) is 0 Å². The number of rotatable bonds is 4. The van der Waals surface area contributed by atoms with Crippen molar-refractivity contribution in [2.75, 3.05) is 25.1 Å². The number of aliphatic hydroxyl groups is 1. The molecule has 1 N–H and O–H groups in total. The average Bonchev–Trinajstić information content (AvgIpc) is 2.92. The molecule has 0 unspecified atom stereocenters. The SMILES string of the molecule is CN(CCO)c1ncnc2c1cnn2-c1ccc(Br)cc1. The summed E-state index contributed by atoms with van der Waals surface area (Å²) in [5.74, 6) is 0.761. The van der Waals surface area contributed by atoms with Crippen molar-refractivity contribution in [2.45, 2.75) is 0 Å². The molecule has 0 aliphatic rings. The molecule has 21 heavy (non-hydrogen) atoms. The fourth-order valence-corrected chi connectivity index (χ4v) is 2.43. The summed E-state index contributed by atoms with van der Waals surface area (Å²) in [6.07, 6.45) is 3.27. The van der Waals surface area contributed by atoms with Crippen LogP contribution >= 0.6 is 15.9 Å². The smallest absolute Gasteiger partial charge is 0.168 e. The fraction of sp³-hybridized carbons (Fsp3) is 0.214. The molecule has 2 heterocycles. The van der Waals surface area contributed by atoms with E-state index >= 15 is 0 Å². The van der Waals surface area contributed by atoms with Gasteiger partial charge in [0, 0.05) is 18.1 Å². The van der Waals surface area contributed by atoms with E-state index in [1.807, 2.05) is 36.2 Å². The monoisotopic (exact) mass is 347 g/mol. The van der Waals surface area contributed by atoms with Crippen LogP contribution in [0.15, 0.2) is 41.3 Å². The predicted octanol–water partition coefficient (Wildman–Crippen LogP) is 2.01. The maximum atomic E-state index is 9.07. The molecule has 0 saturated heterocycles. The number of halogens is 1. The van der Waals surface area contributed by atoms with Gasteiger partial charge in [-0.05, 0) is 24.3 Å². The molecule has 0 bridgehead atoms. The molecule has 0 atom stereocenters. The molecule has 0 saturated carbocycles. The zero-order valence-electron chi connectivity index (χ0n) is 11.4. The minimum Gasteiger partial charge on any atom is -0.395 e. The van der Waals surface area contributed by atoms with Crippen LogP contribution in [-0.4, -0.2) is 45.1 Å². The van der Waals surface area contributed by atoms with Crippen LogP contribution in [0.4, 0.5) is 5.82 Å². The lowest BCUT2D eigenvalue weighted by Gasteiger charge is -2.16. The van der Waals surface area contributed by atoms with Crippen LogP contribution in [0, 0.1) is 0 Å². The second-order valence-corrected chi connectivity index (χ2v) is 5.53. The minimum absolute atomic E-state index is 0.0723. The number of hydrogen-bond acceptors (Lipinski definition) is 5. The van der Waals surface area contributed by atoms with E-state index in [2.05, 4.69) is 31.0 Å². The Hall–Kier alpha value is -1.99. The molecule has 0 fully saturated rings. The van der Waals surface area contributed by atoms with Crippen molar-refractivity contribution in [1.82, 2.24) is 19.7 Å². The molecule has 1 aromatic carbocycles. The molecule has 0 radical (unpaired) electrons. The van der Waals surface area contributed by atoms with E-state index < -0.39 is 0 Å². The topological polar surface area (TPSA) is 67.1 Å². The number of aliphatic hydroxyl groups excluding tert-OH is 1. The first-order valence-electron chi connectivity index (χ1n) is 6.47. The number of fused-ring (bicyclic) bond motifs is 1. The maximum absolute atomic E-state index is 9.07. The third-order valence-corrected chi connectivity index (χ3v) is 3.74. The van der Waals surface area contributed by atoms with Crippen LogP contribution in [0.1, 0.15) is 0 Å². The van der Waals surface area contributed by atoms with E-state index in [9.17, 15) is 0 Å². The van der Waals surface area contributed by atoms with Crippen LogP contribution < -0.4 is 4.90 Å². The van der Waals surface area contributed by atoms with Crippen molar-refractivity contribution in [2.24, 2.45) is 0 Å². The van der Waals surface area contributed by atoms with Crippen molar-refractivity contribution in [3.63, 3.8) is 0 Å². The highest BCUT2D eigenvalue weighted by Gasteiger charge is 2.13. The van der Waals surface area contributed by atoms with Gasteiger partial charge in [-0.25, -0.2) is 14.6 Å². The molecule has 6 nitrogen and oxygen atoms in total. The Kier molecular flexibility index (Phi) is 3.85. The van der Waals surface area contributed by atoms with E-state index in [1.165, 1.54) is 6.33 Å².